The van der Waals surface area contributed by atoms with E-state index in [4.69, 9.17) is 5.73 Å². The minimum absolute atomic E-state index is 0.131. The van der Waals surface area contributed by atoms with Gasteiger partial charge in [0.1, 0.15) is 5.82 Å². The minimum atomic E-state index is -0.913. The van der Waals surface area contributed by atoms with Crippen LogP contribution in [0.15, 0.2) is 29.8 Å². The van der Waals surface area contributed by atoms with Gasteiger partial charge in [-0.2, -0.15) is 0 Å². The molecule has 1 aromatic carbocycles. The van der Waals surface area contributed by atoms with Gasteiger partial charge in [-0.3, -0.25) is 0 Å². The zero-order chi connectivity index (χ0) is 13.7. The van der Waals surface area contributed by atoms with E-state index in [1.807, 2.05) is 0 Å². The Bertz CT molecular complexity index is 475. The monoisotopic (exact) mass is 253 g/mol. The predicted molar refractivity (Wildman–Crippen MR) is 61.5 cm³/mol. The van der Waals surface area contributed by atoms with Crippen LogP contribution >= 0.6 is 0 Å². The lowest BCUT2D eigenvalue weighted by Gasteiger charge is -2.08. The molecule has 0 saturated carbocycles. The number of rotatable bonds is 3. The Kier molecular flexibility index (Phi) is 4.42. The van der Waals surface area contributed by atoms with Crippen molar-refractivity contribution in [1.29, 1.82) is 0 Å². The van der Waals surface area contributed by atoms with Crippen LogP contribution < -0.4 is 5.73 Å². The average Bonchev–Trinajstić information content (AvgIpc) is 2.39. The molecule has 0 radical (unpaired) electrons. The van der Waals surface area contributed by atoms with Gasteiger partial charge in [0.25, 0.3) is 0 Å². The van der Waals surface area contributed by atoms with E-state index in [0.29, 0.717) is 5.56 Å². The smallest absolute Gasteiger partial charge is 0.347 e. The van der Waals surface area contributed by atoms with Gasteiger partial charge in [-0.25, -0.2) is 14.0 Å². The van der Waals surface area contributed by atoms with E-state index in [1.165, 1.54) is 12.1 Å². The van der Waals surface area contributed by atoms with Gasteiger partial charge in [0.15, 0.2) is 5.57 Å². The number of hydrogen-bond acceptors (Lipinski definition) is 5. The summed E-state index contributed by atoms with van der Waals surface area (Å²) in [4.78, 5) is 22.9. The summed E-state index contributed by atoms with van der Waals surface area (Å²) in [5, 5.41) is 0. The van der Waals surface area contributed by atoms with Gasteiger partial charge < -0.3 is 15.2 Å². The lowest BCUT2D eigenvalue weighted by Crippen LogP contribution is -2.20. The standard InChI is InChI=1S/C12H12FNO4/c1-17-11(15)9(12(16)18-2)10(14)7-3-5-8(13)6-4-7/h3-6H,14H2,1-2H3. The summed E-state index contributed by atoms with van der Waals surface area (Å²) in [7, 11) is 2.23. The molecule has 0 amide bonds. The predicted octanol–water partition coefficient (Wildman–Crippen LogP) is 0.841. The topological polar surface area (TPSA) is 78.6 Å². The average molecular weight is 253 g/mol. The minimum Gasteiger partial charge on any atom is -0.465 e. The molecular formula is C12H12FNO4. The van der Waals surface area contributed by atoms with Crippen LogP contribution in [0.5, 0.6) is 0 Å². The number of carbonyl (C=O) groups is 2. The number of nitrogens with two attached hydrogens (primary N) is 1. The molecule has 1 rings (SSSR count). The van der Waals surface area contributed by atoms with Gasteiger partial charge in [-0.1, -0.05) is 0 Å². The first-order chi connectivity index (χ1) is 8.51. The normalized spacial score (nSPS) is 9.50. The highest BCUT2D eigenvalue weighted by atomic mass is 19.1. The number of carbonyl (C=O) groups excluding carboxylic acids is 2. The SMILES string of the molecule is COC(=O)C(C(=O)OC)=C(N)c1ccc(F)cc1. The molecule has 0 aliphatic carbocycles. The van der Waals surface area contributed by atoms with Gasteiger partial charge in [0.05, 0.1) is 19.9 Å². The van der Waals surface area contributed by atoms with Gasteiger partial charge in [0.2, 0.25) is 0 Å². The van der Waals surface area contributed by atoms with Crippen LogP contribution in [0.2, 0.25) is 0 Å². The number of ether oxygens (including phenoxy) is 2. The lowest BCUT2D eigenvalue weighted by molar-refractivity contribution is -0.143. The van der Waals surface area contributed by atoms with Gasteiger partial charge in [0, 0.05) is 0 Å². The van der Waals surface area contributed by atoms with Gasteiger partial charge in [-0.15, -0.1) is 0 Å². The van der Waals surface area contributed by atoms with Crippen molar-refractivity contribution in [3.05, 3.63) is 41.2 Å². The largest absolute Gasteiger partial charge is 0.465 e. The van der Waals surface area contributed by atoms with Crippen molar-refractivity contribution < 1.29 is 23.5 Å². The number of methoxy groups -OCH3 is 2. The maximum Gasteiger partial charge on any atom is 0.347 e. The van der Waals surface area contributed by atoms with Crippen LogP contribution in [0, 0.1) is 5.82 Å². The summed E-state index contributed by atoms with van der Waals surface area (Å²) in [6, 6.07) is 5.01. The summed E-state index contributed by atoms with van der Waals surface area (Å²) >= 11 is 0. The van der Waals surface area contributed by atoms with Crippen molar-refractivity contribution in [1.82, 2.24) is 0 Å². The molecule has 2 N–H and O–H groups in total. The van der Waals surface area contributed by atoms with Crippen molar-refractivity contribution in [3.8, 4) is 0 Å². The molecule has 0 aliphatic rings. The van der Waals surface area contributed by atoms with Crippen LogP contribution in [-0.4, -0.2) is 26.2 Å². The zero-order valence-electron chi connectivity index (χ0n) is 9.90. The maximum atomic E-state index is 12.8. The fourth-order valence-corrected chi connectivity index (χ4v) is 1.28. The van der Waals surface area contributed by atoms with Crippen LogP contribution in [-0.2, 0) is 19.1 Å². The Labute approximate surface area is 103 Å². The molecule has 0 bridgehead atoms. The van der Waals surface area contributed by atoms with E-state index < -0.39 is 23.3 Å². The quantitative estimate of drug-likeness (QED) is 0.374. The fourth-order valence-electron chi connectivity index (χ4n) is 1.28. The van der Waals surface area contributed by atoms with Gasteiger partial charge in [-0.05, 0) is 29.8 Å². The molecule has 0 aromatic heterocycles. The second kappa shape index (κ2) is 5.81. The first-order valence-electron chi connectivity index (χ1n) is 4.93. The maximum absolute atomic E-state index is 12.8. The second-order valence-corrected chi connectivity index (χ2v) is 3.28. The Morgan fingerprint density at radius 1 is 1.06 bits per heavy atom. The number of hydrogen-bond donors (Lipinski definition) is 1. The van der Waals surface area contributed by atoms with E-state index in [1.54, 1.807) is 0 Å². The van der Waals surface area contributed by atoms with Crippen molar-refractivity contribution in [3.63, 3.8) is 0 Å². The van der Waals surface area contributed by atoms with E-state index in [9.17, 15) is 14.0 Å². The molecule has 18 heavy (non-hydrogen) atoms. The highest BCUT2D eigenvalue weighted by molar-refractivity contribution is 6.19. The van der Waals surface area contributed by atoms with E-state index in [2.05, 4.69) is 9.47 Å². The highest BCUT2D eigenvalue weighted by Crippen LogP contribution is 2.16. The van der Waals surface area contributed by atoms with E-state index in [-0.39, 0.29) is 5.70 Å². The zero-order valence-corrected chi connectivity index (χ0v) is 9.90. The van der Waals surface area contributed by atoms with Crippen LogP contribution in [0.1, 0.15) is 5.56 Å². The molecule has 0 unspecified atom stereocenters. The third-order valence-corrected chi connectivity index (χ3v) is 2.20. The van der Waals surface area contributed by atoms with Gasteiger partial charge >= 0.3 is 11.9 Å². The number of esters is 2. The second-order valence-electron chi connectivity index (χ2n) is 3.28. The molecule has 0 fully saturated rings. The fraction of sp³-hybridized carbons (Fsp3) is 0.167. The van der Waals surface area contributed by atoms with Crippen molar-refractivity contribution in [2.75, 3.05) is 14.2 Å². The summed E-state index contributed by atoms with van der Waals surface area (Å²) in [6.07, 6.45) is 0. The third kappa shape index (κ3) is 2.85. The van der Waals surface area contributed by atoms with Crippen molar-refractivity contribution in [2.45, 2.75) is 0 Å². The Hall–Kier alpha value is -2.37. The number of halogens is 1. The molecule has 0 atom stereocenters. The molecule has 6 heteroatoms. The van der Waals surface area contributed by atoms with E-state index >= 15 is 0 Å². The van der Waals surface area contributed by atoms with Crippen LogP contribution in [0.25, 0.3) is 5.70 Å². The molecular weight excluding hydrogens is 241 g/mol. The molecule has 96 valence electrons. The first-order valence-corrected chi connectivity index (χ1v) is 4.93. The van der Waals surface area contributed by atoms with Crippen molar-refractivity contribution >= 4 is 17.6 Å². The molecule has 5 nitrogen and oxygen atoms in total. The first kappa shape index (κ1) is 13.7. The van der Waals surface area contributed by atoms with E-state index in [0.717, 1.165) is 26.4 Å². The lowest BCUT2D eigenvalue weighted by atomic mass is 10.1. The van der Waals surface area contributed by atoms with Crippen molar-refractivity contribution in [2.24, 2.45) is 5.73 Å². The summed E-state index contributed by atoms with van der Waals surface area (Å²) < 4.78 is 21.7. The highest BCUT2D eigenvalue weighted by Gasteiger charge is 2.24. The Morgan fingerprint density at radius 3 is 1.89 bits per heavy atom. The Balaban J connectivity index is 3.30. The molecule has 1 aromatic rings. The van der Waals surface area contributed by atoms with Crippen LogP contribution in [0.3, 0.4) is 0 Å². The summed E-state index contributed by atoms with van der Waals surface area (Å²) in [5.41, 5.74) is 5.46. The summed E-state index contributed by atoms with van der Waals surface area (Å²) in [5.74, 6) is -2.28. The molecule has 0 heterocycles. The Morgan fingerprint density at radius 2 is 1.50 bits per heavy atom. The third-order valence-electron chi connectivity index (χ3n) is 2.20. The molecule has 0 spiro atoms. The van der Waals surface area contributed by atoms with Crippen LogP contribution in [0.4, 0.5) is 4.39 Å². The molecule has 0 aliphatic heterocycles. The number of benzene rings is 1. The summed E-state index contributed by atoms with van der Waals surface area (Å²) in [6.45, 7) is 0. The molecule has 0 saturated heterocycles.